The summed E-state index contributed by atoms with van der Waals surface area (Å²) in [6.07, 6.45) is 0.945. The highest BCUT2D eigenvalue weighted by molar-refractivity contribution is 5.48. The van der Waals surface area contributed by atoms with Crippen LogP contribution in [0.1, 0.15) is 18.9 Å². The van der Waals surface area contributed by atoms with Crippen LogP contribution in [0.4, 0.5) is 10.1 Å². The Morgan fingerprint density at radius 1 is 1.44 bits per heavy atom. The summed E-state index contributed by atoms with van der Waals surface area (Å²) in [6, 6.07) is 5.09. The minimum absolute atomic E-state index is 0.175. The van der Waals surface area contributed by atoms with Gasteiger partial charge in [-0.05, 0) is 43.0 Å². The van der Waals surface area contributed by atoms with Gasteiger partial charge in [-0.1, -0.05) is 6.92 Å². The second kappa shape index (κ2) is 5.85. The van der Waals surface area contributed by atoms with E-state index in [9.17, 15) is 4.39 Å². The molecule has 2 nitrogen and oxygen atoms in total. The molecule has 90 valence electrons. The van der Waals surface area contributed by atoms with Crippen molar-refractivity contribution in [2.45, 2.75) is 20.3 Å². The highest BCUT2D eigenvalue weighted by Gasteiger charge is 2.10. The number of halogens is 1. The summed E-state index contributed by atoms with van der Waals surface area (Å²) >= 11 is 0. The maximum absolute atomic E-state index is 13.1. The Labute approximate surface area is 96.7 Å². The predicted molar refractivity (Wildman–Crippen MR) is 65.3 cm³/mol. The van der Waals surface area contributed by atoms with E-state index in [0.717, 1.165) is 18.7 Å². The third kappa shape index (κ3) is 3.20. The number of hydrogen-bond acceptors (Lipinski definition) is 2. The fourth-order valence-electron chi connectivity index (χ4n) is 1.67. The van der Waals surface area contributed by atoms with E-state index in [-0.39, 0.29) is 18.3 Å². The molecule has 1 N–H and O–H groups in total. The van der Waals surface area contributed by atoms with Crippen molar-refractivity contribution in [1.82, 2.24) is 0 Å². The summed E-state index contributed by atoms with van der Waals surface area (Å²) in [7, 11) is 1.96. The standard InChI is InChI=1S/C13H20FNO/c1-4-11(9-16)8-15(3)12-5-6-13(14)10(2)7-12/h5-7,11,16H,4,8-9H2,1-3H3. The van der Waals surface area contributed by atoms with Crippen LogP contribution in [0.15, 0.2) is 18.2 Å². The molecule has 16 heavy (non-hydrogen) atoms. The zero-order chi connectivity index (χ0) is 12.1. The van der Waals surface area contributed by atoms with Crippen LogP contribution in [0.5, 0.6) is 0 Å². The first-order chi connectivity index (χ1) is 7.58. The molecule has 0 aliphatic carbocycles. The second-order valence-electron chi connectivity index (χ2n) is 4.27. The monoisotopic (exact) mass is 225 g/mol. The van der Waals surface area contributed by atoms with Gasteiger partial charge in [0.05, 0.1) is 0 Å². The smallest absolute Gasteiger partial charge is 0.126 e. The lowest BCUT2D eigenvalue weighted by Gasteiger charge is -2.24. The van der Waals surface area contributed by atoms with Gasteiger partial charge in [-0.2, -0.15) is 0 Å². The maximum Gasteiger partial charge on any atom is 0.126 e. The predicted octanol–water partition coefficient (Wildman–Crippen LogP) is 2.59. The largest absolute Gasteiger partial charge is 0.396 e. The normalized spacial score (nSPS) is 12.6. The van der Waals surface area contributed by atoms with Gasteiger partial charge >= 0.3 is 0 Å². The molecule has 1 aromatic carbocycles. The van der Waals surface area contributed by atoms with E-state index in [0.29, 0.717) is 5.56 Å². The van der Waals surface area contributed by atoms with Crippen LogP contribution in [0.3, 0.4) is 0 Å². The fourth-order valence-corrected chi connectivity index (χ4v) is 1.67. The number of aryl methyl sites for hydroxylation is 1. The molecule has 0 saturated heterocycles. The maximum atomic E-state index is 13.1. The topological polar surface area (TPSA) is 23.5 Å². The number of nitrogens with zero attached hydrogens (tertiary/aromatic N) is 1. The van der Waals surface area contributed by atoms with Gasteiger partial charge in [-0.3, -0.25) is 0 Å². The Balaban J connectivity index is 2.72. The number of benzene rings is 1. The number of hydrogen-bond donors (Lipinski definition) is 1. The SMILES string of the molecule is CCC(CO)CN(C)c1ccc(F)c(C)c1. The number of anilines is 1. The molecule has 0 heterocycles. The van der Waals surface area contributed by atoms with Gasteiger partial charge in [-0.25, -0.2) is 4.39 Å². The summed E-state index contributed by atoms with van der Waals surface area (Å²) in [5.74, 6) is 0.0988. The average molecular weight is 225 g/mol. The molecule has 0 fully saturated rings. The van der Waals surface area contributed by atoms with Crippen molar-refractivity contribution in [2.24, 2.45) is 5.92 Å². The van der Waals surface area contributed by atoms with E-state index in [4.69, 9.17) is 5.11 Å². The molecule has 0 aliphatic heterocycles. The van der Waals surface area contributed by atoms with Crippen molar-refractivity contribution in [1.29, 1.82) is 0 Å². The van der Waals surface area contributed by atoms with Crippen molar-refractivity contribution < 1.29 is 9.50 Å². The van der Waals surface area contributed by atoms with E-state index in [2.05, 4.69) is 11.8 Å². The molecule has 0 amide bonds. The van der Waals surface area contributed by atoms with Crippen LogP contribution in [0, 0.1) is 18.7 Å². The highest BCUT2D eigenvalue weighted by Crippen LogP contribution is 2.18. The average Bonchev–Trinajstić information content (AvgIpc) is 2.29. The molecular weight excluding hydrogens is 205 g/mol. The van der Waals surface area contributed by atoms with E-state index < -0.39 is 0 Å². The number of aliphatic hydroxyl groups is 1. The van der Waals surface area contributed by atoms with Crippen molar-refractivity contribution in [3.05, 3.63) is 29.6 Å². The zero-order valence-electron chi connectivity index (χ0n) is 10.2. The molecule has 0 spiro atoms. The molecule has 0 bridgehead atoms. The van der Waals surface area contributed by atoms with Gasteiger partial charge in [0.15, 0.2) is 0 Å². The van der Waals surface area contributed by atoms with Gasteiger partial charge in [0.1, 0.15) is 5.82 Å². The van der Waals surface area contributed by atoms with Gasteiger partial charge < -0.3 is 10.0 Å². The lowest BCUT2D eigenvalue weighted by molar-refractivity contribution is 0.225. The van der Waals surface area contributed by atoms with Crippen LogP contribution < -0.4 is 4.90 Å². The Hall–Kier alpha value is -1.09. The summed E-state index contributed by atoms with van der Waals surface area (Å²) in [4.78, 5) is 2.05. The summed E-state index contributed by atoms with van der Waals surface area (Å²) in [5, 5.41) is 9.13. The van der Waals surface area contributed by atoms with Crippen LogP contribution >= 0.6 is 0 Å². The van der Waals surface area contributed by atoms with E-state index in [1.165, 1.54) is 6.07 Å². The molecule has 0 radical (unpaired) electrons. The van der Waals surface area contributed by atoms with Crippen molar-refractivity contribution in [3.63, 3.8) is 0 Å². The summed E-state index contributed by atoms with van der Waals surface area (Å²) in [6.45, 7) is 4.81. The van der Waals surface area contributed by atoms with Gasteiger partial charge in [-0.15, -0.1) is 0 Å². The molecular formula is C13H20FNO. The molecule has 1 rings (SSSR count). The molecule has 0 saturated carbocycles. The first-order valence-electron chi connectivity index (χ1n) is 5.66. The fraction of sp³-hybridized carbons (Fsp3) is 0.538. The first-order valence-corrected chi connectivity index (χ1v) is 5.66. The molecule has 1 aromatic rings. The van der Waals surface area contributed by atoms with Crippen molar-refractivity contribution in [2.75, 3.05) is 25.1 Å². The molecule has 1 unspecified atom stereocenters. The van der Waals surface area contributed by atoms with E-state index in [1.807, 2.05) is 13.1 Å². The van der Waals surface area contributed by atoms with Crippen molar-refractivity contribution in [3.8, 4) is 0 Å². The molecule has 1 atom stereocenters. The summed E-state index contributed by atoms with van der Waals surface area (Å²) < 4.78 is 13.1. The van der Waals surface area contributed by atoms with Crippen LogP contribution in [-0.4, -0.2) is 25.3 Å². The van der Waals surface area contributed by atoms with Gasteiger partial charge in [0, 0.05) is 25.9 Å². The Bertz CT molecular complexity index is 337. The van der Waals surface area contributed by atoms with Gasteiger partial charge in [0.25, 0.3) is 0 Å². The third-order valence-corrected chi connectivity index (χ3v) is 2.95. The van der Waals surface area contributed by atoms with Crippen molar-refractivity contribution >= 4 is 5.69 Å². The molecule has 0 aromatic heterocycles. The minimum Gasteiger partial charge on any atom is -0.396 e. The Morgan fingerprint density at radius 3 is 2.62 bits per heavy atom. The molecule has 3 heteroatoms. The quantitative estimate of drug-likeness (QED) is 0.832. The first kappa shape index (κ1) is 13.0. The minimum atomic E-state index is -0.175. The third-order valence-electron chi connectivity index (χ3n) is 2.95. The van der Waals surface area contributed by atoms with Crippen LogP contribution in [0.25, 0.3) is 0 Å². The van der Waals surface area contributed by atoms with Crippen LogP contribution in [0.2, 0.25) is 0 Å². The molecule has 0 aliphatic rings. The van der Waals surface area contributed by atoms with Gasteiger partial charge in [0.2, 0.25) is 0 Å². The zero-order valence-corrected chi connectivity index (χ0v) is 10.2. The van der Waals surface area contributed by atoms with Crippen LogP contribution in [-0.2, 0) is 0 Å². The lowest BCUT2D eigenvalue weighted by atomic mass is 10.1. The Kier molecular flexibility index (Phi) is 4.74. The Morgan fingerprint density at radius 2 is 2.12 bits per heavy atom. The summed E-state index contributed by atoms with van der Waals surface area (Å²) in [5.41, 5.74) is 1.65. The highest BCUT2D eigenvalue weighted by atomic mass is 19.1. The second-order valence-corrected chi connectivity index (χ2v) is 4.27. The van der Waals surface area contributed by atoms with E-state index >= 15 is 0 Å². The van der Waals surface area contributed by atoms with E-state index in [1.54, 1.807) is 13.0 Å². The number of rotatable bonds is 5. The number of aliphatic hydroxyl groups excluding tert-OH is 1. The lowest BCUT2D eigenvalue weighted by Crippen LogP contribution is -2.27.